The van der Waals surface area contributed by atoms with Gasteiger partial charge in [0, 0.05) is 11.8 Å². The molecule has 0 radical (unpaired) electrons. The molecule has 2 aromatic carbocycles. The molecule has 132 valence electrons. The number of hydrogen-bond donors (Lipinski definition) is 3. The zero-order valence-electron chi connectivity index (χ0n) is 12.5. The maximum atomic E-state index is 12.1. The van der Waals surface area contributed by atoms with Crippen LogP contribution in [0.5, 0.6) is 17.2 Å². The second kappa shape index (κ2) is 6.67. The summed E-state index contributed by atoms with van der Waals surface area (Å²) in [5, 5.41) is 2.56. The van der Waals surface area contributed by atoms with Crippen molar-refractivity contribution in [2.24, 2.45) is 0 Å². The highest BCUT2D eigenvalue weighted by molar-refractivity contribution is 5.90. The summed E-state index contributed by atoms with van der Waals surface area (Å²) in [6.45, 7) is 0.126. The number of anilines is 2. The first-order chi connectivity index (χ1) is 11.9. The standard InChI is InChI=1S/C15H12F3N3O4/c16-15(17,18)25-11-4-1-9(2-5-11)20-21-14(22)19-10-3-6-12-13(7-10)24-8-23-12/h1-7,20H,8H2,(H2,19,21,22). The van der Waals surface area contributed by atoms with E-state index >= 15 is 0 Å². The van der Waals surface area contributed by atoms with E-state index in [-0.39, 0.29) is 12.5 Å². The monoisotopic (exact) mass is 355 g/mol. The minimum atomic E-state index is -4.75. The fraction of sp³-hybridized carbons (Fsp3) is 0.133. The Morgan fingerprint density at radius 1 is 1.00 bits per heavy atom. The molecule has 3 N–H and O–H groups in total. The van der Waals surface area contributed by atoms with Gasteiger partial charge in [-0.1, -0.05) is 0 Å². The highest BCUT2D eigenvalue weighted by atomic mass is 19.4. The maximum Gasteiger partial charge on any atom is 0.573 e. The number of ether oxygens (including phenoxy) is 3. The van der Waals surface area contributed by atoms with Crippen molar-refractivity contribution in [3.8, 4) is 17.2 Å². The van der Waals surface area contributed by atoms with E-state index in [0.717, 1.165) is 12.1 Å². The number of fused-ring (bicyclic) bond motifs is 1. The summed E-state index contributed by atoms with van der Waals surface area (Å²) in [5.74, 6) is 0.749. The van der Waals surface area contributed by atoms with Crippen LogP contribution in [-0.2, 0) is 0 Å². The minimum Gasteiger partial charge on any atom is -0.454 e. The lowest BCUT2D eigenvalue weighted by atomic mass is 10.3. The van der Waals surface area contributed by atoms with Crippen LogP contribution in [0, 0.1) is 0 Å². The molecule has 0 aliphatic carbocycles. The summed E-state index contributed by atoms with van der Waals surface area (Å²) >= 11 is 0. The molecule has 3 rings (SSSR count). The number of benzene rings is 2. The number of halogens is 3. The van der Waals surface area contributed by atoms with Crippen molar-refractivity contribution in [3.05, 3.63) is 42.5 Å². The fourth-order valence-electron chi connectivity index (χ4n) is 2.01. The van der Waals surface area contributed by atoms with Gasteiger partial charge in [-0.25, -0.2) is 4.79 Å². The van der Waals surface area contributed by atoms with Crippen LogP contribution < -0.4 is 30.4 Å². The molecule has 0 saturated heterocycles. The summed E-state index contributed by atoms with van der Waals surface area (Å²) in [7, 11) is 0. The summed E-state index contributed by atoms with van der Waals surface area (Å²) in [6, 6.07) is 9.20. The quantitative estimate of drug-likeness (QED) is 0.732. The van der Waals surface area contributed by atoms with E-state index < -0.39 is 12.4 Å². The number of carbonyl (C=O) groups is 1. The number of rotatable bonds is 4. The number of hydrazine groups is 1. The van der Waals surface area contributed by atoms with E-state index in [4.69, 9.17) is 9.47 Å². The third-order valence-corrected chi connectivity index (χ3v) is 3.04. The van der Waals surface area contributed by atoms with E-state index in [1.807, 2.05) is 0 Å². The average molecular weight is 355 g/mol. The van der Waals surface area contributed by atoms with Crippen molar-refractivity contribution in [3.63, 3.8) is 0 Å². The van der Waals surface area contributed by atoms with Gasteiger partial charge in [0.2, 0.25) is 6.79 Å². The Labute approximate surface area is 139 Å². The van der Waals surface area contributed by atoms with Crippen LogP contribution in [0.2, 0.25) is 0 Å². The predicted octanol–water partition coefficient (Wildman–Crippen LogP) is 3.46. The number of carbonyl (C=O) groups excluding carboxylic acids is 1. The van der Waals surface area contributed by atoms with Crippen molar-refractivity contribution >= 4 is 17.4 Å². The van der Waals surface area contributed by atoms with Gasteiger partial charge >= 0.3 is 12.4 Å². The SMILES string of the molecule is O=C(NNc1ccc(OC(F)(F)F)cc1)Nc1ccc2c(c1)OCO2. The molecule has 0 fully saturated rings. The molecule has 0 aromatic heterocycles. The van der Waals surface area contributed by atoms with Crippen molar-refractivity contribution in [2.75, 3.05) is 17.5 Å². The van der Waals surface area contributed by atoms with Crippen LogP contribution in [0.1, 0.15) is 0 Å². The van der Waals surface area contributed by atoms with Gasteiger partial charge < -0.3 is 19.5 Å². The first-order valence-corrected chi connectivity index (χ1v) is 6.97. The Morgan fingerprint density at radius 3 is 2.40 bits per heavy atom. The summed E-state index contributed by atoms with van der Waals surface area (Å²) < 4.78 is 50.3. The Hall–Kier alpha value is -3.30. The highest BCUT2D eigenvalue weighted by Crippen LogP contribution is 2.34. The van der Waals surface area contributed by atoms with E-state index in [2.05, 4.69) is 20.9 Å². The lowest BCUT2D eigenvalue weighted by Crippen LogP contribution is -2.33. The third kappa shape index (κ3) is 4.59. The van der Waals surface area contributed by atoms with Gasteiger partial charge in [0.05, 0.1) is 5.69 Å². The second-order valence-corrected chi connectivity index (χ2v) is 4.84. The van der Waals surface area contributed by atoms with Crippen molar-refractivity contribution < 1.29 is 32.2 Å². The van der Waals surface area contributed by atoms with E-state index in [1.165, 1.54) is 12.1 Å². The molecule has 2 amide bonds. The van der Waals surface area contributed by atoms with Gasteiger partial charge in [0.1, 0.15) is 5.75 Å². The van der Waals surface area contributed by atoms with Crippen LogP contribution in [0.4, 0.5) is 29.3 Å². The molecule has 0 unspecified atom stereocenters. The molecule has 0 atom stereocenters. The van der Waals surface area contributed by atoms with Crippen molar-refractivity contribution in [2.45, 2.75) is 6.36 Å². The molecule has 10 heteroatoms. The van der Waals surface area contributed by atoms with Gasteiger partial charge in [-0.15, -0.1) is 13.2 Å². The van der Waals surface area contributed by atoms with Gasteiger partial charge in [-0.3, -0.25) is 10.9 Å². The highest BCUT2D eigenvalue weighted by Gasteiger charge is 2.30. The summed E-state index contributed by atoms with van der Waals surface area (Å²) in [4.78, 5) is 11.8. The van der Waals surface area contributed by atoms with E-state index in [9.17, 15) is 18.0 Å². The molecule has 0 bridgehead atoms. The van der Waals surface area contributed by atoms with Crippen molar-refractivity contribution in [1.82, 2.24) is 5.43 Å². The van der Waals surface area contributed by atoms with E-state index in [0.29, 0.717) is 22.9 Å². The molecule has 2 aromatic rings. The zero-order valence-corrected chi connectivity index (χ0v) is 12.5. The van der Waals surface area contributed by atoms with Crippen LogP contribution in [0.25, 0.3) is 0 Å². The normalized spacial score (nSPS) is 12.4. The number of hydrogen-bond acceptors (Lipinski definition) is 5. The minimum absolute atomic E-state index is 0.126. The number of alkyl halides is 3. The van der Waals surface area contributed by atoms with Crippen LogP contribution in [0.3, 0.4) is 0 Å². The number of nitrogens with one attached hydrogen (secondary N) is 3. The van der Waals surface area contributed by atoms with Crippen LogP contribution in [-0.4, -0.2) is 19.2 Å². The Morgan fingerprint density at radius 2 is 1.68 bits per heavy atom. The second-order valence-electron chi connectivity index (χ2n) is 4.84. The Balaban J connectivity index is 1.50. The molecule has 0 saturated carbocycles. The third-order valence-electron chi connectivity index (χ3n) is 3.04. The van der Waals surface area contributed by atoms with Gasteiger partial charge in [0.25, 0.3) is 0 Å². The lowest BCUT2D eigenvalue weighted by Gasteiger charge is -2.12. The first-order valence-electron chi connectivity index (χ1n) is 6.97. The molecule has 25 heavy (non-hydrogen) atoms. The molecule has 1 aliphatic rings. The Kier molecular flexibility index (Phi) is 4.42. The molecule has 1 aliphatic heterocycles. The van der Waals surface area contributed by atoms with Gasteiger partial charge in [-0.2, -0.15) is 0 Å². The van der Waals surface area contributed by atoms with Gasteiger partial charge in [-0.05, 0) is 36.4 Å². The predicted molar refractivity (Wildman–Crippen MR) is 81.5 cm³/mol. The average Bonchev–Trinajstić information content (AvgIpc) is 3.00. The van der Waals surface area contributed by atoms with E-state index in [1.54, 1.807) is 18.2 Å². The lowest BCUT2D eigenvalue weighted by molar-refractivity contribution is -0.274. The summed E-state index contributed by atoms with van der Waals surface area (Å²) in [6.07, 6.45) is -4.75. The first kappa shape index (κ1) is 16.6. The topological polar surface area (TPSA) is 80.9 Å². The largest absolute Gasteiger partial charge is 0.573 e. The molecular weight excluding hydrogens is 343 g/mol. The fourth-order valence-corrected chi connectivity index (χ4v) is 2.01. The Bertz CT molecular complexity index is 766. The van der Waals surface area contributed by atoms with Crippen LogP contribution in [0.15, 0.2) is 42.5 Å². The molecule has 7 nitrogen and oxygen atoms in total. The smallest absolute Gasteiger partial charge is 0.454 e. The number of urea groups is 1. The molecule has 1 heterocycles. The van der Waals surface area contributed by atoms with Crippen molar-refractivity contribution in [1.29, 1.82) is 0 Å². The maximum absolute atomic E-state index is 12.1. The molecule has 0 spiro atoms. The zero-order chi connectivity index (χ0) is 17.9. The summed E-state index contributed by atoms with van der Waals surface area (Å²) in [5.41, 5.74) is 5.75. The van der Waals surface area contributed by atoms with Crippen LogP contribution >= 0.6 is 0 Å². The number of amides is 2. The van der Waals surface area contributed by atoms with Gasteiger partial charge in [0.15, 0.2) is 11.5 Å². The molecular formula is C15H12F3N3O4.